The highest BCUT2D eigenvalue weighted by Gasteiger charge is 2.23. The van der Waals surface area contributed by atoms with E-state index in [1.54, 1.807) is 12.4 Å². The van der Waals surface area contributed by atoms with Crippen LogP contribution in [0.1, 0.15) is 23.2 Å². The number of hydrogen-bond acceptors (Lipinski definition) is 6. The predicted molar refractivity (Wildman–Crippen MR) is 121 cm³/mol. The van der Waals surface area contributed by atoms with Crippen molar-refractivity contribution in [3.05, 3.63) is 77.9 Å². The first-order valence-corrected chi connectivity index (χ1v) is 10.5. The van der Waals surface area contributed by atoms with Gasteiger partial charge in [0.15, 0.2) is 11.6 Å². The molecule has 3 heterocycles. The van der Waals surface area contributed by atoms with Crippen LogP contribution in [0.4, 0.5) is 5.82 Å². The molecule has 0 bridgehead atoms. The number of aromatic nitrogens is 4. The Morgan fingerprint density at radius 1 is 1.03 bits per heavy atom. The zero-order valence-corrected chi connectivity index (χ0v) is 17.5. The summed E-state index contributed by atoms with van der Waals surface area (Å²) in [5.41, 5.74) is 3.90. The van der Waals surface area contributed by atoms with Crippen molar-refractivity contribution in [1.29, 1.82) is 0 Å². The fourth-order valence-corrected chi connectivity index (χ4v) is 4.17. The molecule has 1 aliphatic rings. The molecule has 154 valence electrons. The first-order chi connectivity index (χ1) is 15.2. The van der Waals surface area contributed by atoms with Crippen molar-refractivity contribution in [2.24, 2.45) is 0 Å². The molecule has 0 N–H and O–H groups in total. The molecule has 0 spiro atoms. The Morgan fingerprint density at radius 3 is 2.74 bits per heavy atom. The van der Waals surface area contributed by atoms with Crippen molar-refractivity contribution in [3.8, 4) is 11.5 Å². The van der Waals surface area contributed by atoms with E-state index < -0.39 is 0 Å². The number of likely N-dealkylation sites (N-methyl/N-ethyl adjacent to an activating group) is 1. The number of hydrogen-bond donors (Lipinski definition) is 0. The summed E-state index contributed by atoms with van der Waals surface area (Å²) in [6.07, 6.45) is 8.62. The number of Topliss-reactive ketones (excluding diaryl/α,β-unsaturated/α-hetero) is 1. The van der Waals surface area contributed by atoms with Gasteiger partial charge in [0.2, 0.25) is 0 Å². The third-order valence-electron chi connectivity index (χ3n) is 5.67. The molecule has 4 aromatic rings. The van der Waals surface area contributed by atoms with E-state index in [0.717, 1.165) is 58.4 Å². The lowest BCUT2D eigenvalue weighted by Gasteiger charge is -2.21. The molecule has 1 aliphatic carbocycles. The molecule has 6 nitrogen and oxygen atoms in total. The van der Waals surface area contributed by atoms with Gasteiger partial charge >= 0.3 is 0 Å². The van der Waals surface area contributed by atoms with Crippen LogP contribution in [0.15, 0.2) is 61.1 Å². The molecular weight excluding hydrogens is 386 g/mol. The molecule has 0 saturated carbocycles. The van der Waals surface area contributed by atoms with Crippen LogP contribution in [0.2, 0.25) is 0 Å². The molecular formula is C25H23N5O. The predicted octanol–water partition coefficient (Wildman–Crippen LogP) is 3.82. The molecule has 0 saturated heterocycles. The average molecular weight is 409 g/mol. The molecule has 0 fully saturated rings. The van der Waals surface area contributed by atoms with Crippen molar-refractivity contribution in [3.63, 3.8) is 0 Å². The van der Waals surface area contributed by atoms with Gasteiger partial charge in [-0.2, -0.15) is 0 Å². The molecule has 3 aromatic heterocycles. The Morgan fingerprint density at radius 2 is 1.90 bits per heavy atom. The van der Waals surface area contributed by atoms with E-state index in [-0.39, 0.29) is 5.78 Å². The van der Waals surface area contributed by atoms with Crippen LogP contribution >= 0.6 is 0 Å². The van der Waals surface area contributed by atoms with E-state index in [2.05, 4.69) is 16.0 Å². The van der Waals surface area contributed by atoms with Crippen LogP contribution in [-0.4, -0.2) is 39.3 Å². The van der Waals surface area contributed by atoms with Gasteiger partial charge in [0.1, 0.15) is 11.5 Å². The summed E-state index contributed by atoms with van der Waals surface area (Å²) in [5, 5.41) is 2.20. The van der Waals surface area contributed by atoms with Gasteiger partial charge in [0, 0.05) is 48.7 Å². The quantitative estimate of drug-likeness (QED) is 0.482. The summed E-state index contributed by atoms with van der Waals surface area (Å²) in [5.74, 6) is 1.59. The zero-order chi connectivity index (χ0) is 21.2. The van der Waals surface area contributed by atoms with Crippen LogP contribution in [0.5, 0.6) is 0 Å². The minimum Gasteiger partial charge on any atom is -0.352 e. The van der Waals surface area contributed by atoms with Crippen molar-refractivity contribution < 1.29 is 4.79 Å². The van der Waals surface area contributed by atoms with Crippen molar-refractivity contribution in [2.45, 2.75) is 25.7 Å². The summed E-state index contributed by atoms with van der Waals surface area (Å²) >= 11 is 0. The summed E-state index contributed by atoms with van der Waals surface area (Å²) < 4.78 is 0. The number of nitrogens with zero attached hydrogens (tertiary/aromatic N) is 5. The summed E-state index contributed by atoms with van der Waals surface area (Å²) in [6.45, 7) is 0.295. The monoisotopic (exact) mass is 409 g/mol. The van der Waals surface area contributed by atoms with E-state index in [1.807, 2.05) is 54.5 Å². The van der Waals surface area contributed by atoms with Crippen LogP contribution in [0.25, 0.3) is 22.3 Å². The number of ketones is 1. The molecule has 0 unspecified atom stereocenters. The van der Waals surface area contributed by atoms with Crippen molar-refractivity contribution in [1.82, 2.24) is 19.9 Å². The Kier molecular flexibility index (Phi) is 5.12. The van der Waals surface area contributed by atoms with Crippen molar-refractivity contribution >= 4 is 22.4 Å². The lowest BCUT2D eigenvalue weighted by Crippen LogP contribution is -2.28. The highest BCUT2D eigenvalue weighted by atomic mass is 16.1. The van der Waals surface area contributed by atoms with E-state index in [4.69, 9.17) is 9.97 Å². The number of aryl methyl sites for hydroxylation is 1. The van der Waals surface area contributed by atoms with Crippen LogP contribution in [0.3, 0.4) is 0 Å². The number of fused-ring (bicyclic) bond motifs is 2. The van der Waals surface area contributed by atoms with Gasteiger partial charge in [-0.3, -0.25) is 14.8 Å². The highest BCUT2D eigenvalue weighted by molar-refractivity contribution is 5.86. The number of benzene rings is 1. The first-order valence-electron chi connectivity index (χ1n) is 10.5. The van der Waals surface area contributed by atoms with Gasteiger partial charge in [0.05, 0.1) is 6.54 Å². The maximum atomic E-state index is 12.7. The van der Waals surface area contributed by atoms with E-state index >= 15 is 0 Å². The minimum atomic E-state index is 0.131. The SMILES string of the molecule is CN(CC(=O)Cc1cccnc1)c1nc(-c2cc3ccccc3cn2)nc2c1CCC2. The van der Waals surface area contributed by atoms with E-state index in [9.17, 15) is 4.79 Å². The Hall–Kier alpha value is -3.67. The average Bonchev–Trinajstić information content (AvgIpc) is 3.27. The minimum absolute atomic E-state index is 0.131. The Bertz CT molecular complexity index is 1260. The lowest BCUT2D eigenvalue weighted by atomic mass is 10.1. The maximum absolute atomic E-state index is 12.7. The third-order valence-corrected chi connectivity index (χ3v) is 5.67. The molecule has 5 rings (SSSR count). The van der Waals surface area contributed by atoms with Crippen LogP contribution in [-0.2, 0) is 24.1 Å². The topological polar surface area (TPSA) is 71.9 Å². The van der Waals surface area contributed by atoms with Crippen LogP contribution < -0.4 is 4.90 Å². The van der Waals surface area contributed by atoms with Crippen molar-refractivity contribution in [2.75, 3.05) is 18.5 Å². The van der Waals surface area contributed by atoms with E-state index in [1.165, 1.54) is 0 Å². The second-order valence-corrected chi connectivity index (χ2v) is 8.00. The molecule has 6 heteroatoms. The molecule has 31 heavy (non-hydrogen) atoms. The van der Waals surface area contributed by atoms with Gasteiger partial charge in [-0.15, -0.1) is 0 Å². The fourth-order valence-electron chi connectivity index (χ4n) is 4.17. The highest BCUT2D eigenvalue weighted by Crippen LogP contribution is 2.31. The van der Waals surface area contributed by atoms with Gasteiger partial charge < -0.3 is 4.90 Å². The number of carbonyl (C=O) groups is 1. The van der Waals surface area contributed by atoms with Crippen LogP contribution in [0, 0.1) is 0 Å². The Balaban J connectivity index is 1.45. The summed E-state index contributed by atoms with van der Waals surface area (Å²) in [4.78, 5) is 33.0. The molecule has 0 radical (unpaired) electrons. The molecule has 0 amide bonds. The number of carbonyl (C=O) groups excluding carboxylic acids is 1. The zero-order valence-electron chi connectivity index (χ0n) is 17.5. The smallest absolute Gasteiger partial charge is 0.180 e. The number of rotatable bonds is 6. The van der Waals surface area contributed by atoms with Gasteiger partial charge in [-0.05, 0) is 42.3 Å². The molecule has 0 aliphatic heterocycles. The fraction of sp³-hybridized carbons (Fsp3) is 0.240. The molecule has 1 aromatic carbocycles. The number of pyridine rings is 2. The van der Waals surface area contributed by atoms with Gasteiger partial charge in [0.25, 0.3) is 0 Å². The standard InChI is InChI=1S/C25H23N5O/c1-30(16-20(31)12-17-6-5-11-26-14-17)25-21-9-4-10-22(21)28-24(29-25)23-13-18-7-2-3-8-19(18)15-27-23/h2-3,5-8,11,13-15H,4,9-10,12,16H2,1H3. The van der Waals surface area contributed by atoms with Gasteiger partial charge in [-0.1, -0.05) is 30.3 Å². The Labute approximate surface area is 181 Å². The molecule has 0 atom stereocenters. The second-order valence-electron chi connectivity index (χ2n) is 8.00. The van der Waals surface area contributed by atoms with E-state index in [0.29, 0.717) is 18.8 Å². The summed E-state index contributed by atoms with van der Waals surface area (Å²) in [6, 6.07) is 13.9. The first kappa shape index (κ1) is 19.3. The normalized spacial score (nSPS) is 12.7. The second kappa shape index (κ2) is 8.22. The largest absolute Gasteiger partial charge is 0.352 e. The summed E-state index contributed by atoms with van der Waals surface area (Å²) in [7, 11) is 1.93. The third kappa shape index (κ3) is 4.01. The lowest BCUT2D eigenvalue weighted by molar-refractivity contribution is -0.117. The van der Waals surface area contributed by atoms with Gasteiger partial charge in [-0.25, -0.2) is 9.97 Å². The maximum Gasteiger partial charge on any atom is 0.180 e. The number of anilines is 1.